The smallest absolute Gasteiger partial charge is 0.326 e. The number of carboxylic acid groups (broad SMARTS) is 1. The largest absolute Gasteiger partial charge is 0.480 e. The van der Waals surface area contributed by atoms with Crippen LogP contribution in [0.4, 0.5) is 0 Å². The van der Waals surface area contributed by atoms with Crippen LogP contribution < -0.4 is 170 Å². The minimum Gasteiger partial charge on any atom is -0.480 e. The molecule has 46 N–H and O–H groups in total. The van der Waals surface area contributed by atoms with E-state index >= 15 is 0 Å². The second-order valence-electron chi connectivity index (χ2n) is 33.5. The summed E-state index contributed by atoms with van der Waals surface area (Å²) in [6.45, 7) is 21.7. The Morgan fingerprint density at radius 2 is 0.547 bits per heavy atom. The van der Waals surface area contributed by atoms with Crippen molar-refractivity contribution in [1.82, 2.24) is 101 Å². The number of carbonyl (C=O) groups excluding carboxylic acids is 17. The summed E-state index contributed by atoms with van der Waals surface area (Å²) in [5.74, 6) is -17.8. The van der Waals surface area contributed by atoms with Crippen LogP contribution in [-0.2, 0) is 86.3 Å². The van der Waals surface area contributed by atoms with Crippen molar-refractivity contribution >= 4 is 106 Å². The van der Waals surface area contributed by atoms with Gasteiger partial charge in [0.2, 0.25) is 94.5 Å². The van der Waals surface area contributed by atoms with Crippen molar-refractivity contribution in [1.29, 1.82) is 0 Å². The third kappa shape index (κ3) is 50.6. The molecule has 17 atom stereocenters. The first-order chi connectivity index (χ1) is 59.7. The van der Waals surface area contributed by atoms with E-state index in [1.54, 1.807) is 55.4 Å². The minimum absolute atomic E-state index is 0.000351. The molecule has 0 fully saturated rings. The number of carboxylic acids is 1. The summed E-state index contributed by atoms with van der Waals surface area (Å²) in [5, 5.41) is 59.1. The number of primary amides is 2. The van der Waals surface area contributed by atoms with Gasteiger partial charge in [0.05, 0.1) is 13.0 Å². The number of hydrogen-bond donors (Lipinski definition) is 32. The molecule has 17 amide bonds. The Morgan fingerprint density at radius 3 is 0.867 bits per heavy atom. The predicted octanol–water partition coefficient (Wildman–Crippen LogP) is -12.9. The second kappa shape index (κ2) is 63.0. The molecule has 0 aliphatic heterocycles. The zero-order valence-electron chi connectivity index (χ0n) is 76.6. The summed E-state index contributed by atoms with van der Waals surface area (Å²) in [6, 6.07) is -22.0. The van der Waals surface area contributed by atoms with Crippen LogP contribution in [0.1, 0.15) is 206 Å². The molecule has 0 spiro atoms. The third-order valence-electron chi connectivity index (χ3n) is 20.1. The number of amides is 17. The number of carbonyl (C=O) groups is 18. The highest BCUT2D eigenvalue weighted by Crippen LogP contribution is 2.16. The summed E-state index contributed by atoms with van der Waals surface area (Å²) in [4.78, 5) is 247. The Balaban J connectivity index is 6.75. The Kier molecular flexibility index (Phi) is 58.0. The zero-order valence-corrected chi connectivity index (χ0v) is 76.6. The van der Waals surface area contributed by atoms with Crippen LogP contribution in [0, 0.1) is 23.7 Å². The lowest BCUT2D eigenvalue weighted by molar-refractivity contribution is -0.405. The Hall–Kier alpha value is -10.1. The molecule has 0 radical (unpaired) electrons. The molecule has 734 valence electrons. The van der Waals surface area contributed by atoms with Crippen LogP contribution in [-0.4, -0.2) is 266 Å². The van der Waals surface area contributed by atoms with Crippen molar-refractivity contribution in [3.05, 3.63) is 0 Å². The van der Waals surface area contributed by atoms with Crippen molar-refractivity contribution in [3.63, 3.8) is 0 Å². The molecular formula is C78H155N31O19+2. The number of hydrogen-bond acceptors (Lipinski definition) is 30. The monoisotopic (exact) mass is 1830 g/mol. The molecule has 0 bridgehead atoms. The Morgan fingerprint density at radius 1 is 0.289 bits per heavy atom. The lowest BCUT2D eigenvalue weighted by Gasteiger charge is -2.29. The van der Waals surface area contributed by atoms with E-state index < -0.39 is 253 Å². The number of unbranched alkanes of at least 4 members (excludes halogenated alkanes) is 1. The maximum absolute atomic E-state index is 14.5. The lowest BCUT2D eigenvalue weighted by atomic mass is 9.96. The van der Waals surface area contributed by atoms with Crippen molar-refractivity contribution in [2.45, 2.75) is 327 Å². The van der Waals surface area contributed by atoms with Gasteiger partial charge in [-0.1, -0.05) is 61.8 Å². The van der Waals surface area contributed by atoms with Gasteiger partial charge in [-0.15, -0.1) is 0 Å². The summed E-state index contributed by atoms with van der Waals surface area (Å²) < 4.78 is 0. The standard InChI is InChI=1S/C78H153N31O19/c1-14-40(8)58(109-64(117)46(80)21-17-29-91-75(83)84)73(126)103-50(26-27-56(81)110)68(121)100-48(23-18-30-92-76(85)86)67(120)108-55(36-57(82)111)72(125)101-47(22-15-16-28-79)65(118)98-42(10)60(113)95-41(9)59(112)97-45(13)63(116)105-53(34-38(4)5)71(124)107-54(35-39(6)7)70(123)102-49(24-19-31-93-77(87)88)66(119)106-52(33-37(2)3)69(122)99-43(11)61(114)96-44(12)62(115)104-51(74(127)128)25-20-32-94-78(89)90/h37-55,58,75-78,91-94H,14-36,79-80,83-90H2,1-13H3,(H2,81,110)(H2,82,111)(H,95,113)(H,96,114)(H,97,112)(H,98,118)(H,99,122)(H,100,121)(H,101,125)(H,102,123)(H,103,126)(H,104,115)(H,105,116)(H,106,119)(H,107,124)(H,108,120)(H,109,117)(H,127,128)/p+2/t40-,41-,42-,43-,44-,45-,46-,47-,48-,49-,50-,51-,52-,53-,54-,55-,58-/m0/s1. The summed E-state index contributed by atoms with van der Waals surface area (Å²) >= 11 is 0. The van der Waals surface area contributed by atoms with Gasteiger partial charge in [-0.25, -0.2) is 4.79 Å². The normalized spacial score (nSPS) is 15.5. The van der Waals surface area contributed by atoms with Crippen LogP contribution in [0.5, 0.6) is 0 Å². The van der Waals surface area contributed by atoms with Gasteiger partial charge < -0.3 is 154 Å². The van der Waals surface area contributed by atoms with Crippen molar-refractivity contribution in [3.8, 4) is 0 Å². The first-order valence-electron chi connectivity index (χ1n) is 43.7. The molecule has 0 saturated carbocycles. The summed E-state index contributed by atoms with van der Waals surface area (Å²) in [6.07, 6.45) is -3.28. The van der Waals surface area contributed by atoms with Crippen LogP contribution in [0.2, 0.25) is 0 Å². The van der Waals surface area contributed by atoms with E-state index in [-0.39, 0.29) is 114 Å². The van der Waals surface area contributed by atoms with Crippen LogP contribution in [0.3, 0.4) is 0 Å². The highest BCUT2D eigenvalue weighted by molar-refractivity contribution is 6.01. The molecular weight excluding hydrogens is 1680 g/mol. The molecule has 128 heavy (non-hydrogen) atoms. The van der Waals surface area contributed by atoms with E-state index in [4.69, 9.17) is 57.3 Å². The van der Waals surface area contributed by atoms with E-state index in [1.165, 1.54) is 34.6 Å². The maximum Gasteiger partial charge on any atom is 0.326 e. The van der Waals surface area contributed by atoms with Gasteiger partial charge in [0.25, 0.3) is 5.91 Å². The summed E-state index contributed by atoms with van der Waals surface area (Å²) in [5.41, 5.74) is 63.6. The molecule has 0 aromatic heterocycles. The Labute approximate surface area is 748 Å². The minimum atomic E-state index is -1.83. The van der Waals surface area contributed by atoms with Crippen LogP contribution in [0.15, 0.2) is 0 Å². The number of quaternary nitrogens is 2. The van der Waals surface area contributed by atoms with Crippen LogP contribution in [0.25, 0.3) is 0 Å². The number of nitrogens with two attached hydrogens (primary N) is 10. The topological polar surface area (TPSA) is 872 Å². The highest BCUT2D eigenvalue weighted by Gasteiger charge is 2.39. The van der Waals surface area contributed by atoms with Crippen molar-refractivity contribution in [2.24, 2.45) is 81.0 Å². The molecule has 0 aliphatic rings. The average Bonchev–Trinajstić information content (AvgIpc) is 0.869. The SMILES string of the molecule is CC[C@H](C)[C@H](NC(=O)[C@@H]([NH3+])CCCNC(N)N)C(=O)N[C@@H](CCC(N)=O)C(=O)N[C@@H](CCCNC(N)N)C(=O)N[C@@H](CC(N)=O)C(=O)N[C@@H](CCCC[NH3+])C(=O)N[C@@H](C)C(=O)N[C@@H](C)C(=O)N[C@@H](C)C(=O)N[C@@H](CC(C)C)C(=O)N[C@@H](CC(C)C)C(=O)N[C@@H](CCCNC(N)N)C(=O)N[C@@H](CC(C)C)C(=O)N[C@@H](C)C(=O)N[C@@H](C)C(=O)N[C@@H](CCCNC(N)N)C(=O)O. The van der Waals surface area contributed by atoms with E-state index in [1.807, 2.05) is 0 Å². The third-order valence-corrected chi connectivity index (χ3v) is 20.1. The lowest BCUT2D eigenvalue weighted by Crippen LogP contribution is -2.69. The second-order valence-corrected chi connectivity index (χ2v) is 33.5. The van der Waals surface area contributed by atoms with Gasteiger partial charge in [-0.2, -0.15) is 0 Å². The van der Waals surface area contributed by atoms with E-state index in [0.717, 1.165) is 0 Å². The van der Waals surface area contributed by atoms with Crippen molar-refractivity contribution < 1.29 is 103 Å². The fourth-order valence-electron chi connectivity index (χ4n) is 12.6. The first kappa shape index (κ1) is 118. The molecule has 0 aliphatic carbocycles. The highest BCUT2D eigenvalue weighted by atomic mass is 16.4. The fraction of sp³-hybridized carbons (Fsp3) is 0.769. The van der Waals surface area contributed by atoms with Gasteiger partial charge in [0.1, 0.15) is 116 Å². The number of nitrogens with one attached hydrogen (secondary N) is 19. The van der Waals surface area contributed by atoms with Gasteiger partial charge >= 0.3 is 5.97 Å². The molecule has 50 nitrogen and oxygen atoms in total. The number of aliphatic carboxylic acids is 1. The number of rotatable bonds is 68. The fourth-order valence-corrected chi connectivity index (χ4v) is 12.6. The first-order valence-corrected chi connectivity index (χ1v) is 43.7. The maximum atomic E-state index is 14.5. The van der Waals surface area contributed by atoms with Gasteiger partial charge in [0.15, 0.2) is 6.04 Å². The van der Waals surface area contributed by atoms with Gasteiger partial charge in [0, 0.05) is 12.8 Å². The molecule has 0 rings (SSSR count). The average molecular weight is 1830 g/mol. The molecule has 0 unspecified atom stereocenters. The summed E-state index contributed by atoms with van der Waals surface area (Å²) in [7, 11) is 0. The van der Waals surface area contributed by atoms with E-state index in [0.29, 0.717) is 32.4 Å². The Bertz CT molecular complexity index is 3550. The molecule has 0 heterocycles. The van der Waals surface area contributed by atoms with Crippen molar-refractivity contribution in [2.75, 3.05) is 32.7 Å². The van der Waals surface area contributed by atoms with Crippen LogP contribution >= 0.6 is 0 Å². The molecule has 0 aromatic carbocycles. The zero-order chi connectivity index (χ0) is 97.9. The molecule has 50 heteroatoms. The molecule has 0 saturated heterocycles. The van der Waals surface area contributed by atoms with E-state index in [9.17, 15) is 91.4 Å². The van der Waals surface area contributed by atoms with Gasteiger partial charge in [-0.3, -0.25) is 103 Å². The quantitative estimate of drug-likeness (QED) is 0.0199. The van der Waals surface area contributed by atoms with E-state index in [2.05, 4.69) is 112 Å². The molecule has 0 aromatic rings. The predicted molar refractivity (Wildman–Crippen MR) is 471 cm³/mol. The van der Waals surface area contributed by atoms with Gasteiger partial charge in [-0.05, 0) is 174 Å².